The number of unbranched alkanes of at least 4 members (excludes halogenated alkanes) is 14. The zero-order chi connectivity index (χ0) is 33.0. The quantitative estimate of drug-likeness (QED) is 0.0508. The van der Waals surface area contributed by atoms with Gasteiger partial charge in [0.2, 0.25) is 0 Å². The normalized spacial score (nSPS) is 15.9. The molecule has 1 fully saturated rings. The van der Waals surface area contributed by atoms with Gasteiger partial charge in [-0.05, 0) is 77.0 Å². The third kappa shape index (κ3) is 17.1. The molecule has 0 aromatic rings. The summed E-state index contributed by atoms with van der Waals surface area (Å²) in [5.41, 5.74) is -1.73. The van der Waals surface area contributed by atoms with Crippen molar-refractivity contribution >= 4 is 23.3 Å². The van der Waals surface area contributed by atoms with Crippen molar-refractivity contribution in [3.63, 3.8) is 0 Å². The summed E-state index contributed by atoms with van der Waals surface area (Å²) in [6.07, 6.45) is 38.8. The number of carboxylic acid groups (broad SMARTS) is 1. The Morgan fingerprint density at radius 2 is 1.00 bits per heavy atom. The van der Waals surface area contributed by atoms with E-state index in [1.807, 2.05) is 0 Å². The molecule has 1 aliphatic carbocycles. The fourth-order valence-corrected chi connectivity index (χ4v) is 6.16. The lowest BCUT2D eigenvalue weighted by molar-refractivity contribution is -0.154. The summed E-state index contributed by atoms with van der Waals surface area (Å²) in [6, 6.07) is 0. The zero-order valence-corrected chi connectivity index (χ0v) is 28.7. The average molecular weight is 625 g/mol. The fraction of sp³-hybridized carbons (Fsp3) is 0.700. The summed E-state index contributed by atoms with van der Waals surface area (Å²) in [5, 5.41) is 9.92. The van der Waals surface area contributed by atoms with Gasteiger partial charge in [0, 0.05) is 12.8 Å². The molecular weight excluding hydrogens is 560 g/mol. The van der Waals surface area contributed by atoms with Crippen LogP contribution >= 0.6 is 0 Å². The lowest BCUT2D eigenvalue weighted by atomic mass is 9.70. The SMILES string of the molecule is CCCCC/C=C\C/C=C\CCCCCCC(C(=O)O)C(=O)C1(CCCCCC/C=C\C/C=C\CCCCC)C(=O)CCC1=O. The number of allylic oxidation sites excluding steroid dienone is 8. The molecule has 5 nitrogen and oxygen atoms in total. The van der Waals surface area contributed by atoms with Crippen LogP contribution in [0.4, 0.5) is 0 Å². The lowest BCUT2D eigenvalue weighted by Crippen LogP contribution is -2.46. The number of hydrogen-bond donors (Lipinski definition) is 1. The molecule has 0 aliphatic heterocycles. The predicted octanol–water partition coefficient (Wildman–Crippen LogP) is 11.0. The Bertz CT molecular complexity index is 938. The Morgan fingerprint density at radius 1 is 0.600 bits per heavy atom. The van der Waals surface area contributed by atoms with Crippen molar-refractivity contribution < 1.29 is 24.3 Å². The van der Waals surface area contributed by atoms with E-state index in [2.05, 4.69) is 62.5 Å². The predicted molar refractivity (Wildman–Crippen MR) is 187 cm³/mol. The molecule has 254 valence electrons. The number of ketones is 3. The van der Waals surface area contributed by atoms with Crippen molar-refractivity contribution in [2.75, 3.05) is 0 Å². The van der Waals surface area contributed by atoms with Crippen LogP contribution < -0.4 is 0 Å². The Balaban J connectivity index is 2.41. The molecule has 0 saturated heterocycles. The van der Waals surface area contributed by atoms with Gasteiger partial charge in [-0.15, -0.1) is 0 Å². The van der Waals surface area contributed by atoms with E-state index in [-0.39, 0.29) is 37.2 Å². The number of rotatable bonds is 29. The van der Waals surface area contributed by atoms with Gasteiger partial charge in [0.15, 0.2) is 17.3 Å². The van der Waals surface area contributed by atoms with E-state index in [0.29, 0.717) is 12.8 Å². The summed E-state index contributed by atoms with van der Waals surface area (Å²) in [4.78, 5) is 51.7. The van der Waals surface area contributed by atoms with Crippen LogP contribution in [0, 0.1) is 11.3 Å². The monoisotopic (exact) mass is 624 g/mol. The molecule has 0 heterocycles. The molecule has 45 heavy (non-hydrogen) atoms. The van der Waals surface area contributed by atoms with Crippen LogP contribution in [-0.2, 0) is 19.2 Å². The van der Waals surface area contributed by atoms with Crippen LogP contribution in [0.15, 0.2) is 48.6 Å². The summed E-state index contributed by atoms with van der Waals surface area (Å²) in [5.74, 6) is -3.88. The van der Waals surface area contributed by atoms with Gasteiger partial charge in [-0.25, -0.2) is 0 Å². The van der Waals surface area contributed by atoms with Crippen LogP contribution in [0.3, 0.4) is 0 Å². The van der Waals surface area contributed by atoms with Gasteiger partial charge in [-0.1, -0.05) is 127 Å². The molecule has 1 unspecified atom stereocenters. The summed E-state index contributed by atoms with van der Waals surface area (Å²) in [6.45, 7) is 4.43. The topological polar surface area (TPSA) is 88.5 Å². The van der Waals surface area contributed by atoms with Gasteiger partial charge >= 0.3 is 5.97 Å². The molecule has 0 amide bonds. The molecule has 0 aromatic heterocycles. The van der Waals surface area contributed by atoms with Crippen molar-refractivity contribution in [1.29, 1.82) is 0 Å². The molecule has 1 aliphatic rings. The highest BCUT2D eigenvalue weighted by atomic mass is 16.4. The zero-order valence-electron chi connectivity index (χ0n) is 28.7. The lowest BCUT2D eigenvalue weighted by Gasteiger charge is -2.27. The highest BCUT2D eigenvalue weighted by Crippen LogP contribution is 2.40. The van der Waals surface area contributed by atoms with Crippen LogP contribution in [0.1, 0.15) is 168 Å². The van der Waals surface area contributed by atoms with Crippen LogP contribution in [-0.4, -0.2) is 28.4 Å². The van der Waals surface area contributed by atoms with Crippen LogP contribution in [0.25, 0.3) is 0 Å². The first-order valence-electron chi connectivity index (χ1n) is 18.3. The van der Waals surface area contributed by atoms with Crippen LogP contribution in [0.5, 0.6) is 0 Å². The molecular formula is C40H64O5. The molecule has 0 spiro atoms. The maximum absolute atomic E-state index is 13.6. The fourth-order valence-electron chi connectivity index (χ4n) is 6.16. The summed E-state index contributed by atoms with van der Waals surface area (Å²) in [7, 11) is 0. The second-order valence-electron chi connectivity index (χ2n) is 12.8. The van der Waals surface area contributed by atoms with Crippen molar-refractivity contribution in [2.24, 2.45) is 11.3 Å². The molecule has 1 N–H and O–H groups in total. The van der Waals surface area contributed by atoms with Crippen molar-refractivity contribution in [3.05, 3.63) is 48.6 Å². The van der Waals surface area contributed by atoms with E-state index >= 15 is 0 Å². The van der Waals surface area contributed by atoms with E-state index in [9.17, 15) is 24.3 Å². The first kappa shape index (κ1) is 40.5. The Hall–Kier alpha value is -2.56. The first-order valence-corrected chi connectivity index (χ1v) is 18.3. The van der Waals surface area contributed by atoms with Gasteiger partial charge in [-0.3, -0.25) is 19.2 Å². The molecule has 0 bridgehead atoms. The minimum atomic E-state index is -1.73. The van der Waals surface area contributed by atoms with Gasteiger partial charge in [0.1, 0.15) is 11.3 Å². The van der Waals surface area contributed by atoms with Crippen LogP contribution in [0.2, 0.25) is 0 Å². The molecule has 1 saturated carbocycles. The number of carboxylic acids is 1. The molecule has 1 atom stereocenters. The highest BCUT2D eigenvalue weighted by Gasteiger charge is 2.57. The Labute approximate surface area is 275 Å². The molecule has 0 radical (unpaired) electrons. The number of aliphatic carboxylic acids is 1. The largest absolute Gasteiger partial charge is 0.481 e. The van der Waals surface area contributed by atoms with E-state index in [0.717, 1.165) is 77.0 Å². The second-order valence-corrected chi connectivity index (χ2v) is 12.8. The van der Waals surface area contributed by atoms with Crippen molar-refractivity contribution in [1.82, 2.24) is 0 Å². The minimum Gasteiger partial charge on any atom is -0.481 e. The summed E-state index contributed by atoms with van der Waals surface area (Å²) >= 11 is 0. The molecule has 0 aromatic carbocycles. The number of carbonyl (C=O) groups excluding carboxylic acids is 3. The van der Waals surface area contributed by atoms with Gasteiger partial charge < -0.3 is 5.11 Å². The Morgan fingerprint density at radius 3 is 1.42 bits per heavy atom. The van der Waals surface area contributed by atoms with Gasteiger partial charge in [-0.2, -0.15) is 0 Å². The minimum absolute atomic E-state index is 0.0525. The average Bonchev–Trinajstić information content (AvgIpc) is 3.32. The number of hydrogen-bond acceptors (Lipinski definition) is 4. The van der Waals surface area contributed by atoms with Crippen molar-refractivity contribution in [3.8, 4) is 0 Å². The standard InChI is InChI=1S/C40H64O5/c1-3-5-7-9-11-13-15-17-19-21-23-25-27-29-31-35(39(44)45)38(43)40(36(41)32-33-37(40)42)34-30-28-26-24-22-20-18-16-14-12-10-8-6-4-2/h11-14,17-20,35H,3-10,15-16,21-34H2,1-2H3,(H,44,45)/b13-11-,14-12-,19-17-,20-18-. The maximum atomic E-state index is 13.6. The molecule has 1 rings (SSSR count). The molecule has 5 heteroatoms. The summed E-state index contributed by atoms with van der Waals surface area (Å²) < 4.78 is 0. The third-order valence-corrected chi connectivity index (χ3v) is 9.01. The van der Waals surface area contributed by atoms with Gasteiger partial charge in [0.05, 0.1) is 0 Å². The van der Waals surface area contributed by atoms with Gasteiger partial charge in [0.25, 0.3) is 0 Å². The van der Waals surface area contributed by atoms with E-state index in [4.69, 9.17) is 0 Å². The highest BCUT2D eigenvalue weighted by molar-refractivity contribution is 6.30. The number of Topliss-reactive ketones (excluding diaryl/α,β-unsaturated/α-hetero) is 3. The van der Waals surface area contributed by atoms with Crippen molar-refractivity contribution in [2.45, 2.75) is 168 Å². The smallest absolute Gasteiger partial charge is 0.314 e. The van der Waals surface area contributed by atoms with E-state index < -0.39 is 23.1 Å². The third-order valence-electron chi connectivity index (χ3n) is 9.01. The maximum Gasteiger partial charge on any atom is 0.314 e. The van der Waals surface area contributed by atoms with E-state index in [1.54, 1.807) is 0 Å². The first-order chi connectivity index (χ1) is 21.9. The number of carbonyl (C=O) groups is 4. The second kappa shape index (κ2) is 26.6. The van der Waals surface area contributed by atoms with E-state index in [1.165, 1.54) is 38.5 Å². The Kier molecular flexibility index (Phi) is 24.0.